The quantitative estimate of drug-likeness (QED) is 0.575. The Labute approximate surface area is 130 Å². The molecule has 1 N–H and O–H groups in total. The second-order valence-corrected chi connectivity index (χ2v) is 5.21. The fourth-order valence-corrected chi connectivity index (χ4v) is 2.77. The van der Waals surface area contributed by atoms with E-state index < -0.39 is 15.8 Å². The molecule has 0 aliphatic carbocycles. The van der Waals surface area contributed by atoms with Gasteiger partial charge in [-0.3, -0.25) is 20.2 Å². The lowest BCUT2D eigenvalue weighted by Crippen LogP contribution is -2.14. The number of nitrogens with zero attached hydrogens (tertiary/aromatic N) is 2. The van der Waals surface area contributed by atoms with Crippen LogP contribution in [-0.2, 0) is 0 Å². The summed E-state index contributed by atoms with van der Waals surface area (Å²) in [5.41, 5.74) is 2.12. The topological polar surface area (TPSA) is 102 Å². The molecule has 1 aromatic heterocycles. The smallest absolute Gasteiger partial charge is 0.269 e. The first kappa shape index (κ1) is 14.7. The predicted molar refractivity (Wildman–Crippen MR) is 85.1 cm³/mol. The number of fused-ring (bicyclic) bond motifs is 1. The van der Waals surface area contributed by atoms with Crippen LogP contribution in [0.15, 0.2) is 54.7 Å². The van der Waals surface area contributed by atoms with E-state index >= 15 is 0 Å². The summed E-state index contributed by atoms with van der Waals surface area (Å²) in [6, 6.07) is 13.5. The molecule has 0 unspecified atom stereocenters. The molecule has 0 amide bonds. The molecule has 0 aliphatic rings. The molecule has 23 heavy (non-hydrogen) atoms. The number of hydrogen-bond acceptors (Lipinski definition) is 4. The number of rotatable bonds is 5. The third kappa shape index (κ3) is 2.89. The van der Waals surface area contributed by atoms with Gasteiger partial charge in [0, 0.05) is 34.2 Å². The van der Waals surface area contributed by atoms with Crippen molar-refractivity contribution in [1.82, 2.24) is 4.98 Å². The molecule has 0 bridgehead atoms. The summed E-state index contributed by atoms with van der Waals surface area (Å²) in [6.45, 7) is -0.330. The van der Waals surface area contributed by atoms with Gasteiger partial charge in [-0.2, -0.15) is 0 Å². The molecular formula is C16H13N3O4. The van der Waals surface area contributed by atoms with Crippen LogP contribution in [0.4, 0.5) is 5.69 Å². The second-order valence-electron chi connectivity index (χ2n) is 5.21. The van der Waals surface area contributed by atoms with Crippen LogP contribution in [0.1, 0.15) is 17.0 Å². The van der Waals surface area contributed by atoms with Crippen molar-refractivity contribution in [3.63, 3.8) is 0 Å². The van der Waals surface area contributed by atoms with Crippen molar-refractivity contribution in [2.45, 2.75) is 5.92 Å². The molecule has 1 atom stereocenters. The molecule has 0 saturated carbocycles. The summed E-state index contributed by atoms with van der Waals surface area (Å²) >= 11 is 0. The highest BCUT2D eigenvalue weighted by Gasteiger charge is 2.24. The van der Waals surface area contributed by atoms with Crippen molar-refractivity contribution in [1.29, 1.82) is 0 Å². The molecule has 7 heteroatoms. The highest BCUT2D eigenvalue weighted by Crippen LogP contribution is 2.32. The third-order valence-electron chi connectivity index (χ3n) is 3.81. The maximum absolute atomic E-state index is 11.1. The summed E-state index contributed by atoms with van der Waals surface area (Å²) < 4.78 is 0. The Morgan fingerprint density at radius 3 is 2.57 bits per heavy atom. The molecule has 2 aromatic carbocycles. The first-order chi connectivity index (χ1) is 11.1. The zero-order chi connectivity index (χ0) is 16.4. The molecule has 0 spiro atoms. The molecule has 0 radical (unpaired) electrons. The van der Waals surface area contributed by atoms with Crippen LogP contribution in [0.25, 0.3) is 10.9 Å². The number of nitro groups is 2. The minimum absolute atomic E-state index is 0.0734. The molecule has 0 saturated heterocycles. The number of aromatic nitrogens is 1. The Bertz CT molecular complexity index is 888. The van der Waals surface area contributed by atoms with Crippen LogP contribution in [0.5, 0.6) is 0 Å². The molecule has 7 nitrogen and oxygen atoms in total. The largest absolute Gasteiger partial charge is 0.361 e. The maximum atomic E-state index is 11.1. The molecule has 0 fully saturated rings. The van der Waals surface area contributed by atoms with Gasteiger partial charge in [0.25, 0.3) is 5.69 Å². The third-order valence-corrected chi connectivity index (χ3v) is 3.81. The Balaban J connectivity index is 2.13. The summed E-state index contributed by atoms with van der Waals surface area (Å²) in [5.74, 6) is -0.555. The van der Waals surface area contributed by atoms with Crippen molar-refractivity contribution >= 4 is 16.6 Å². The van der Waals surface area contributed by atoms with Crippen molar-refractivity contribution in [3.8, 4) is 0 Å². The summed E-state index contributed by atoms with van der Waals surface area (Å²) in [4.78, 5) is 24.3. The zero-order valence-corrected chi connectivity index (χ0v) is 12.0. The molecule has 3 rings (SSSR count). The van der Waals surface area contributed by atoms with Gasteiger partial charge in [-0.1, -0.05) is 30.3 Å². The molecule has 116 valence electrons. The molecule has 3 aromatic rings. The van der Waals surface area contributed by atoms with Gasteiger partial charge in [0.1, 0.15) is 0 Å². The number of H-pyrrole nitrogens is 1. The van der Waals surface area contributed by atoms with Crippen molar-refractivity contribution in [3.05, 3.63) is 86.1 Å². The van der Waals surface area contributed by atoms with Crippen LogP contribution in [0, 0.1) is 20.2 Å². The number of hydrogen-bond donors (Lipinski definition) is 1. The van der Waals surface area contributed by atoms with Crippen LogP contribution >= 0.6 is 0 Å². The van der Waals surface area contributed by atoms with E-state index in [9.17, 15) is 20.2 Å². The van der Waals surface area contributed by atoms with E-state index in [-0.39, 0.29) is 12.2 Å². The van der Waals surface area contributed by atoms with Crippen LogP contribution in [-0.4, -0.2) is 21.4 Å². The van der Waals surface area contributed by atoms with Gasteiger partial charge < -0.3 is 4.98 Å². The zero-order valence-electron chi connectivity index (χ0n) is 12.0. The van der Waals surface area contributed by atoms with E-state index in [4.69, 9.17) is 0 Å². The van der Waals surface area contributed by atoms with E-state index in [1.165, 1.54) is 12.1 Å². The molecule has 0 aliphatic heterocycles. The Kier molecular flexibility index (Phi) is 3.76. The van der Waals surface area contributed by atoms with Crippen LogP contribution in [0.2, 0.25) is 0 Å². The van der Waals surface area contributed by atoms with E-state index in [1.807, 2.05) is 24.3 Å². The monoisotopic (exact) mass is 311 g/mol. The van der Waals surface area contributed by atoms with Gasteiger partial charge in [0.2, 0.25) is 6.54 Å². The van der Waals surface area contributed by atoms with Gasteiger partial charge in [0.05, 0.1) is 10.8 Å². The van der Waals surface area contributed by atoms with Crippen molar-refractivity contribution < 1.29 is 9.85 Å². The average Bonchev–Trinajstić information content (AvgIpc) is 2.96. The number of aromatic amines is 1. The molecule has 1 heterocycles. The minimum Gasteiger partial charge on any atom is -0.361 e. The second kappa shape index (κ2) is 5.88. The number of benzene rings is 2. The van der Waals surface area contributed by atoms with Gasteiger partial charge in [-0.25, -0.2) is 0 Å². The van der Waals surface area contributed by atoms with Gasteiger partial charge in [-0.15, -0.1) is 0 Å². The van der Waals surface area contributed by atoms with Crippen molar-refractivity contribution in [2.75, 3.05) is 6.54 Å². The SMILES string of the molecule is O=[N+]([O-])C[C@H](c1cccc([N+](=O)[O-])c1)c1c[nH]c2ccccc12. The van der Waals surface area contributed by atoms with Gasteiger partial charge in [0.15, 0.2) is 0 Å². The van der Waals surface area contributed by atoms with Crippen molar-refractivity contribution in [2.24, 2.45) is 0 Å². The highest BCUT2D eigenvalue weighted by molar-refractivity contribution is 5.84. The lowest BCUT2D eigenvalue weighted by atomic mass is 9.91. The Morgan fingerprint density at radius 2 is 1.83 bits per heavy atom. The first-order valence-corrected chi connectivity index (χ1v) is 6.98. The lowest BCUT2D eigenvalue weighted by molar-refractivity contribution is -0.481. The fraction of sp³-hybridized carbons (Fsp3) is 0.125. The molecular weight excluding hydrogens is 298 g/mol. The maximum Gasteiger partial charge on any atom is 0.269 e. The van der Waals surface area contributed by atoms with Crippen LogP contribution < -0.4 is 0 Å². The number of non-ortho nitro benzene ring substituents is 1. The van der Waals surface area contributed by atoms with E-state index in [0.717, 1.165) is 16.5 Å². The Hall–Kier alpha value is -3.22. The van der Waals surface area contributed by atoms with Crippen LogP contribution in [0.3, 0.4) is 0 Å². The lowest BCUT2D eigenvalue weighted by Gasteiger charge is -2.12. The Morgan fingerprint density at radius 1 is 1.04 bits per heavy atom. The summed E-state index contributed by atoms with van der Waals surface area (Å²) in [6.07, 6.45) is 1.73. The van der Waals surface area contributed by atoms with E-state index in [1.54, 1.807) is 18.3 Å². The summed E-state index contributed by atoms with van der Waals surface area (Å²) in [7, 11) is 0. The number of nitrogens with one attached hydrogen (secondary N) is 1. The average molecular weight is 311 g/mol. The highest BCUT2D eigenvalue weighted by atomic mass is 16.6. The standard InChI is InChI=1S/C16H13N3O4/c20-18(21)10-15(11-4-3-5-12(8-11)19(22)23)14-9-17-16-7-2-1-6-13(14)16/h1-9,15,17H,10H2/t15-/m1/s1. The minimum atomic E-state index is -0.555. The van der Waals surface area contributed by atoms with E-state index in [0.29, 0.717) is 5.56 Å². The number of nitro benzene ring substituents is 1. The van der Waals surface area contributed by atoms with E-state index in [2.05, 4.69) is 4.98 Å². The summed E-state index contributed by atoms with van der Waals surface area (Å²) in [5, 5.41) is 22.9. The van der Waals surface area contributed by atoms with Gasteiger partial charge >= 0.3 is 0 Å². The number of para-hydroxylation sites is 1. The van der Waals surface area contributed by atoms with Gasteiger partial charge in [-0.05, 0) is 17.2 Å². The fourth-order valence-electron chi connectivity index (χ4n) is 2.77. The normalized spacial score (nSPS) is 12.2. The first-order valence-electron chi connectivity index (χ1n) is 6.98. The predicted octanol–water partition coefficient (Wildman–Crippen LogP) is 3.48.